The van der Waals surface area contributed by atoms with E-state index >= 15 is 0 Å². The highest BCUT2D eigenvalue weighted by molar-refractivity contribution is 6.12. The van der Waals surface area contributed by atoms with Gasteiger partial charge in [0.1, 0.15) is 5.52 Å². The molecule has 0 aliphatic carbocycles. The molecule has 0 amide bonds. The fraction of sp³-hybridized carbons (Fsp3) is 0. The molecule has 1 N–H and O–H groups in total. The molecule has 3 aromatic heterocycles. The summed E-state index contributed by atoms with van der Waals surface area (Å²) in [7, 11) is 0. The van der Waals surface area contributed by atoms with Crippen LogP contribution in [0.2, 0.25) is 0 Å². The van der Waals surface area contributed by atoms with Crippen LogP contribution in [0.4, 0.5) is 0 Å². The highest BCUT2D eigenvalue weighted by atomic mass is 16.5. The van der Waals surface area contributed by atoms with Gasteiger partial charge in [0, 0.05) is 17.6 Å². The molecule has 0 radical (unpaired) electrons. The topological polar surface area (TPSA) is 63.7 Å². The predicted octanol–water partition coefficient (Wildman–Crippen LogP) is 1.44. The van der Waals surface area contributed by atoms with Crippen LogP contribution in [-0.2, 0) is 0 Å². The van der Waals surface area contributed by atoms with Crippen molar-refractivity contribution in [3.8, 4) is 0 Å². The molecule has 0 aliphatic rings. The first-order valence-electron chi connectivity index (χ1n) is 5.79. The molecule has 92 valence electrons. The number of nitrogens with zero attached hydrogens (tertiary/aromatic N) is 2. The van der Waals surface area contributed by atoms with Gasteiger partial charge in [-0.25, -0.2) is 0 Å². The Morgan fingerprint density at radius 2 is 1.79 bits per heavy atom. The van der Waals surface area contributed by atoms with E-state index in [4.69, 9.17) is 0 Å². The SMILES string of the molecule is O=c1cccc2c1c1ccn(O)c3ccc(=O)n2c13. The third-order valence-corrected chi connectivity index (χ3v) is 3.47. The van der Waals surface area contributed by atoms with Gasteiger partial charge >= 0.3 is 0 Å². The van der Waals surface area contributed by atoms with Gasteiger partial charge in [0.2, 0.25) is 0 Å². The van der Waals surface area contributed by atoms with Gasteiger partial charge in [0.25, 0.3) is 5.56 Å². The van der Waals surface area contributed by atoms with Gasteiger partial charge in [-0.2, -0.15) is 4.73 Å². The van der Waals surface area contributed by atoms with E-state index in [2.05, 4.69) is 0 Å². The first kappa shape index (κ1) is 10.1. The summed E-state index contributed by atoms with van der Waals surface area (Å²) >= 11 is 0. The summed E-state index contributed by atoms with van der Waals surface area (Å²) in [5, 5.41) is 11.0. The molecular formula is C14H8N2O3. The number of pyridine rings is 2. The number of benzene rings is 1. The van der Waals surface area contributed by atoms with E-state index in [1.165, 1.54) is 22.7 Å². The number of hydrogen-bond acceptors (Lipinski definition) is 3. The number of rotatable bonds is 0. The van der Waals surface area contributed by atoms with Crippen LogP contribution in [0.15, 0.2) is 52.2 Å². The van der Waals surface area contributed by atoms with Crippen LogP contribution in [0.1, 0.15) is 0 Å². The van der Waals surface area contributed by atoms with Crippen LogP contribution in [0.3, 0.4) is 0 Å². The summed E-state index contributed by atoms with van der Waals surface area (Å²) in [5.41, 5.74) is 1.29. The highest BCUT2D eigenvalue weighted by Crippen LogP contribution is 2.27. The molecule has 1 aromatic carbocycles. The average Bonchev–Trinajstić information content (AvgIpc) is 2.74. The van der Waals surface area contributed by atoms with E-state index < -0.39 is 0 Å². The second-order valence-corrected chi connectivity index (χ2v) is 4.47. The summed E-state index contributed by atoms with van der Waals surface area (Å²) in [5.74, 6) is 0. The third-order valence-electron chi connectivity index (χ3n) is 3.47. The van der Waals surface area contributed by atoms with E-state index in [9.17, 15) is 14.8 Å². The lowest BCUT2D eigenvalue weighted by Crippen LogP contribution is -2.11. The maximum atomic E-state index is 12.1. The summed E-state index contributed by atoms with van der Waals surface area (Å²) < 4.78 is 2.42. The minimum Gasteiger partial charge on any atom is -0.428 e. The van der Waals surface area contributed by atoms with Crippen molar-refractivity contribution in [2.75, 3.05) is 0 Å². The van der Waals surface area contributed by atoms with Crippen LogP contribution in [-0.4, -0.2) is 14.3 Å². The molecule has 0 aliphatic heterocycles. The standard InChI is InChI=1S/C14H8N2O3/c17-11-3-1-2-9-13(11)8-6-7-15(19)10-4-5-12(18)16(9)14(8)10/h1-7,19H. The molecule has 0 saturated carbocycles. The molecule has 5 heteroatoms. The zero-order valence-electron chi connectivity index (χ0n) is 9.70. The first-order valence-corrected chi connectivity index (χ1v) is 5.79. The quantitative estimate of drug-likeness (QED) is 0.482. The second-order valence-electron chi connectivity index (χ2n) is 4.47. The fourth-order valence-corrected chi connectivity index (χ4v) is 2.69. The Morgan fingerprint density at radius 1 is 0.947 bits per heavy atom. The van der Waals surface area contributed by atoms with Gasteiger partial charge in [0.15, 0.2) is 5.43 Å². The molecule has 0 spiro atoms. The van der Waals surface area contributed by atoms with E-state index in [0.717, 1.165) is 4.73 Å². The summed E-state index contributed by atoms with van der Waals surface area (Å²) in [6.45, 7) is 0. The Balaban J connectivity index is 2.58. The van der Waals surface area contributed by atoms with E-state index in [1.807, 2.05) is 0 Å². The van der Waals surface area contributed by atoms with Crippen molar-refractivity contribution in [1.29, 1.82) is 0 Å². The van der Waals surface area contributed by atoms with Crippen LogP contribution in [0.25, 0.3) is 27.3 Å². The molecule has 0 fully saturated rings. The largest absolute Gasteiger partial charge is 0.428 e. The van der Waals surface area contributed by atoms with Gasteiger partial charge < -0.3 is 5.21 Å². The summed E-state index contributed by atoms with van der Waals surface area (Å²) in [4.78, 5) is 24.1. The molecule has 4 aromatic rings. The van der Waals surface area contributed by atoms with Crippen molar-refractivity contribution in [2.24, 2.45) is 0 Å². The highest BCUT2D eigenvalue weighted by Gasteiger charge is 2.15. The summed E-state index contributed by atoms with van der Waals surface area (Å²) in [6, 6.07) is 9.41. The lowest BCUT2D eigenvalue weighted by molar-refractivity contribution is 0.198. The molecule has 0 saturated heterocycles. The Kier molecular flexibility index (Phi) is 1.67. The first-order chi connectivity index (χ1) is 9.18. The molecule has 4 rings (SSSR count). The van der Waals surface area contributed by atoms with Crippen molar-refractivity contribution >= 4 is 27.3 Å². The van der Waals surface area contributed by atoms with Gasteiger partial charge in [-0.3, -0.25) is 14.0 Å². The van der Waals surface area contributed by atoms with Crippen LogP contribution in [0, 0.1) is 0 Å². The van der Waals surface area contributed by atoms with E-state index in [-0.39, 0.29) is 11.0 Å². The van der Waals surface area contributed by atoms with Crippen LogP contribution >= 0.6 is 0 Å². The number of aromatic nitrogens is 2. The normalized spacial score (nSPS) is 11.8. The lowest BCUT2D eigenvalue weighted by Gasteiger charge is -2.04. The second kappa shape index (κ2) is 3.14. The Labute approximate surface area is 105 Å². The Bertz CT molecular complexity index is 1060. The summed E-state index contributed by atoms with van der Waals surface area (Å²) in [6.07, 6.45) is 1.47. The van der Waals surface area contributed by atoms with Gasteiger partial charge in [0.05, 0.1) is 16.4 Å². The van der Waals surface area contributed by atoms with Crippen LogP contribution < -0.4 is 11.0 Å². The number of fused-ring (bicyclic) bond motifs is 3. The molecule has 0 unspecified atom stereocenters. The lowest BCUT2D eigenvalue weighted by atomic mass is 10.1. The van der Waals surface area contributed by atoms with Crippen molar-refractivity contribution < 1.29 is 5.21 Å². The van der Waals surface area contributed by atoms with Gasteiger partial charge in [-0.05, 0) is 24.3 Å². The monoisotopic (exact) mass is 252 g/mol. The Morgan fingerprint density at radius 3 is 2.63 bits per heavy atom. The van der Waals surface area contributed by atoms with Gasteiger partial charge in [-0.15, -0.1) is 0 Å². The molecule has 3 heterocycles. The molecule has 0 atom stereocenters. The minimum absolute atomic E-state index is 0.127. The van der Waals surface area contributed by atoms with Crippen LogP contribution in [0.5, 0.6) is 0 Å². The maximum Gasteiger partial charge on any atom is 0.255 e. The smallest absolute Gasteiger partial charge is 0.255 e. The zero-order chi connectivity index (χ0) is 13.1. The molecule has 0 bridgehead atoms. The van der Waals surface area contributed by atoms with Crippen molar-refractivity contribution in [1.82, 2.24) is 9.13 Å². The van der Waals surface area contributed by atoms with Gasteiger partial charge in [-0.1, -0.05) is 6.07 Å². The fourth-order valence-electron chi connectivity index (χ4n) is 2.69. The molecular weight excluding hydrogens is 244 g/mol. The van der Waals surface area contributed by atoms with E-state index in [0.29, 0.717) is 27.3 Å². The predicted molar refractivity (Wildman–Crippen MR) is 71.3 cm³/mol. The van der Waals surface area contributed by atoms with Crippen molar-refractivity contribution in [3.63, 3.8) is 0 Å². The van der Waals surface area contributed by atoms with Crippen molar-refractivity contribution in [3.05, 3.63) is 63.2 Å². The minimum atomic E-state index is -0.218. The third kappa shape index (κ3) is 1.09. The molecule has 5 nitrogen and oxygen atoms in total. The average molecular weight is 252 g/mol. The zero-order valence-corrected chi connectivity index (χ0v) is 9.70. The van der Waals surface area contributed by atoms with E-state index in [1.54, 1.807) is 24.3 Å². The van der Waals surface area contributed by atoms with Crippen molar-refractivity contribution in [2.45, 2.75) is 0 Å². The Hall–Kier alpha value is -2.82. The molecule has 19 heavy (non-hydrogen) atoms. The maximum absolute atomic E-state index is 12.1. The number of hydrogen-bond donors (Lipinski definition) is 1.